The molecule has 0 unspecified atom stereocenters. The highest BCUT2D eigenvalue weighted by atomic mass is 79.9. The second-order valence-electron chi connectivity index (χ2n) is 2.03. The minimum absolute atomic E-state index is 0.577. The predicted molar refractivity (Wildman–Crippen MR) is 55.2 cm³/mol. The molecule has 0 aliphatic carbocycles. The number of carbonyl (C=O) groups is 1. The average Bonchev–Trinajstić information content (AvgIpc) is 2.51. The van der Waals surface area contributed by atoms with Gasteiger partial charge in [-0.15, -0.1) is 11.3 Å². The van der Waals surface area contributed by atoms with Crippen molar-refractivity contribution in [1.29, 1.82) is 0 Å². The van der Waals surface area contributed by atoms with Gasteiger partial charge in [0.25, 0.3) is 0 Å². The molecule has 1 N–H and O–H groups in total. The SMILES string of the molecule is COC(=O)N/N=C\c1cc(Br)cs1. The quantitative estimate of drug-likeness (QED) is 0.656. The van der Waals surface area contributed by atoms with Crippen LogP contribution in [0, 0.1) is 0 Å². The zero-order chi connectivity index (χ0) is 9.68. The van der Waals surface area contributed by atoms with Crippen LogP contribution in [0.1, 0.15) is 4.88 Å². The Hall–Kier alpha value is -0.880. The molecule has 1 aromatic heterocycles. The lowest BCUT2D eigenvalue weighted by molar-refractivity contribution is 0.171. The van der Waals surface area contributed by atoms with E-state index in [1.165, 1.54) is 18.4 Å². The second kappa shape index (κ2) is 4.98. The third kappa shape index (κ3) is 3.56. The molecular formula is C7H7BrN2O2S. The van der Waals surface area contributed by atoms with E-state index in [0.717, 1.165) is 9.35 Å². The molecular weight excluding hydrogens is 256 g/mol. The molecule has 4 nitrogen and oxygen atoms in total. The Balaban J connectivity index is 2.45. The van der Waals surface area contributed by atoms with Crippen molar-refractivity contribution in [2.75, 3.05) is 7.11 Å². The van der Waals surface area contributed by atoms with Crippen molar-refractivity contribution < 1.29 is 9.53 Å². The van der Waals surface area contributed by atoms with Gasteiger partial charge in [-0.3, -0.25) is 0 Å². The highest BCUT2D eigenvalue weighted by Gasteiger charge is 1.95. The lowest BCUT2D eigenvalue weighted by atomic mass is 10.5. The average molecular weight is 263 g/mol. The maximum absolute atomic E-state index is 10.6. The van der Waals surface area contributed by atoms with Crippen LogP contribution in [-0.2, 0) is 4.74 Å². The third-order valence-electron chi connectivity index (χ3n) is 1.12. The molecule has 1 aromatic rings. The first-order valence-electron chi connectivity index (χ1n) is 3.33. The smallest absolute Gasteiger partial charge is 0.427 e. The van der Waals surface area contributed by atoms with Gasteiger partial charge in [0.2, 0.25) is 0 Å². The summed E-state index contributed by atoms with van der Waals surface area (Å²) in [6, 6.07) is 1.90. The van der Waals surface area contributed by atoms with Gasteiger partial charge >= 0.3 is 6.09 Å². The number of methoxy groups -OCH3 is 1. The Morgan fingerprint density at radius 2 is 2.62 bits per heavy atom. The molecule has 0 bridgehead atoms. The van der Waals surface area contributed by atoms with E-state index < -0.39 is 6.09 Å². The maximum Gasteiger partial charge on any atom is 0.427 e. The number of hydrogen-bond donors (Lipinski definition) is 1. The monoisotopic (exact) mass is 262 g/mol. The number of nitrogens with one attached hydrogen (secondary N) is 1. The van der Waals surface area contributed by atoms with E-state index in [4.69, 9.17) is 0 Å². The Bertz CT molecular complexity index is 324. The molecule has 1 rings (SSSR count). The number of amides is 1. The van der Waals surface area contributed by atoms with E-state index in [9.17, 15) is 4.79 Å². The fourth-order valence-electron chi connectivity index (χ4n) is 0.590. The summed E-state index contributed by atoms with van der Waals surface area (Å²) < 4.78 is 5.32. The van der Waals surface area contributed by atoms with Crippen LogP contribution >= 0.6 is 27.3 Å². The summed E-state index contributed by atoms with van der Waals surface area (Å²) in [4.78, 5) is 11.5. The van der Waals surface area contributed by atoms with Crippen molar-refractivity contribution in [2.45, 2.75) is 0 Å². The van der Waals surface area contributed by atoms with Crippen molar-refractivity contribution in [3.05, 3.63) is 20.8 Å². The van der Waals surface area contributed by atoms with E-state index in [2.05, 4.69) is 31.2 Å². The predicted octanol–water partition coefficient (Wildman–Crippen LogP) is 2.20. The zero-order valence-corrected chi connectivity index (χ0v) is 9.18. The first kappa shape index (κ1) is 10.2. The number of thiophene rings is 1. The van der Waals surface area contributed by atoms with Gasteiger partial charge in [0.05, 0.1) is 13.3 Å². The van der Waals surface area contributed by atoms with Crippen LogP contribution in [0.25, 0.3) is 0 Å². The van der Waals surface area contributed by atoms with Crippen LogP contribution < -0.4 is 5.43 Å². The molecule has 0 spiro atoms. The van der Waals surface area contributed by atoms with Crippen molar-refractivity contribution in [3.8, 4) is 0 Å². The largest absolute Gasteiger partial charge is 0.452 e. The number of ether oxygens (including phenoxy) is 1. The van der Waals surface area contributed by atoms with Crippen LogP contribution in [-0.4, -0.2) is 19.4 Å². The van der Waals surface area contributed by atoms with E-state index in [0.29, 0.717) is 0 Å². The van der Waals surface area contributed by atoms with Gasteiger partial charge in [-0.05, 0) is 22.0 Å². The minimum atomic E-state index is -0.577. The first-order valence-corrected chi connectivity index (χ1v) is 5.00. The molecule has 0 fully saturated rings. The number of rotatable bonds is 2. The molecule has 1 amide bonds. The number of nitrogens with zero attached hydrogens (tertiary/aromatic N) is 1. The van der Waals surface area contributed by atoms with E-state index in [-0.39, 0.29) is 0 Å². The molecule has 6 heteroatoms. The molecule has 0 aliphatic heterocycles. The fourth-order valence-corrected chi connectivity index (χ4v) is 1.89. The van der Waals surface area contributed by atoms with Crippen molar-refractivity contribution in [1.82, 2.24) is 5.43 Å². The van der Waals surface area contributed by atoms with E-state index >= 15 is 0 Å². The maximum atomic E-state index is 10.6. The lowest BCUT2D eigenvalue weighted by Crippen LogP contribution is -2.16. The minimum Gasteiger partial charge on any atom is -0.452 e. The van der Waals surface area contributed by atoms with Gasteiger partial charge in [-0.2, -0.15) is 5.10 Å². The Morgan fingerprint density at radius 3 is 3.15 bits per heavy atom. The molecule has 13 heavy (non-hydrogen) atoms. The molecule has 0 aliphatic rings. The van der Waals surface area contributed by atoms with E-state index in [1.54, 1.807) is 6.21 Å². The number of carbonyl (C=O) groups excluding carboxylic acids is 1. The zero-order valence-electron chi connectivity index (χ0n) is 6.78. The van der Waals surface area contributed by atoms with Crippen LogP contribution in [0.5, 0.6) is 0 Å². The van der Waals surface area contributed by atoms with Gasteiger partial charge < -0.3 is 4.74 Å². The molecule has 70 valence electrons. The number of hydrazone groups is 1. The van der Waals surface area contributed by atoms with Gasteiger partial charge in [0.15, 0.2) is 0 Å². The third-order valence-corrected chi connectivity index (χ3v) is 2.75. The normalized spacial score (nSPS) is 10.3. The Kier molecular flexibility index (Phi) is 3.91. The standard InChI is InChI=1S/C7H7BrN2O2S/c1-12-7(11)10-9-3-6-2-5(8)4-13-6/h2-4H,1H3,(H,10,11)/b9-3-. The van der Waals surface area contributed by atoms with Crippen molar-refractivity contribution in [3.63, 3.8) is 0 Å². The molecule has 0 saturated carbocycles. The highest BCUT2D eigenvalue weighted by Crippen LogP contribution is 2.17. The summed E-state index contributed by atoms with van der Waals surface area (Å²) in [5, 5.41) is 5.60. The van der Waals surface area contributed by atoms with Crippen LogP contribution in [0.15, 0.2) is 21.0 Å². The van der Waals surface area contributed by atoms with Crippen LogP contribution in [0.4, 0.5) is 4.79 Å². The Labute approximate surface area is 87.7 Å². The Morgan fingerprint density at radius 1 is 1.85 bits per heavy atom. The summed E-state index contributed by atoms with van der Waals surface area (Å²) in [7, 11) is 1.28. The summed E-state index contributed by atoms with van der Waals surface area (Å²) >= 11 is 4.82. The highest BCUT2D eigenvalue weighted by molar-refractivity contribution is 9.10. The molecule has 0 aromatic carbocycles. The topological polar surface area (TPSA) is 50.7 Å². The molecule has 1 heterocycles. The number of hydrogen-bond acceptors (Lipinski definition) is 4. The fraction of sp³-hybridized carbons (Fsp3) is 0.143. The summed E-state index contributed by atoms with van der Waals surface area (Å²) in [6.07, 6.45) is 0.971. The van der Waals surface area contributed by atoms with Gasteiger partial charge in [0, 0.05) is 14.7 Å². The van der Waals surface area contributed by atoms with Crippen molar-refractivity contribution >= 4 is 39.6 Å². The summed E-state index contributed by atoms with van der Waals surface area (Å²) in [6.45, 7) is 0. The molecule has 0 radical (unpaired) electrons. The lowest BCUT2D eigenvalue weighted by Gasteiger charge is -1.93. The molecule has 0 atom stereocenters. The van der Waals surface area contributed by atoms with Crippen LogP contribution in [0.3, 0.4) is 0 Å². The summed E-state index contributed by atoms with van der Waals surface area (Å²) in [5.41, 5.74) is 2.19. The van der Waals surface area contributed by atoms with Crippen molar-refractivity contribution in [2.24, 2.45) is 5.10 Å². The first-order chi connectivity index (χ1) is 6.22. The molecule has 0 saturated heterocycles. The van der Waals surface area contributed by atoms with Gasteiger partial charge in [-0.1, -0.05) is 0 Å². The van der Waals surface area contributed by atoms with Crippen LogP contribution in [0.2, 0.25) is 0 Å². The number of halogens is 1. The summed E-state index contributed by atoms with van der Waals surface area (Å²) in [5.74, 6) is 0. The van der Waals surface area contributed by atoms with Gasteiger partial charge in [0.1, 0.15) is 0 Å². The second-order valence-corrected chi connectivity index (χ2v) is 3.89. The van der Waals surface area contributed by atoms with Gasteiger partial charge in [-0.25, -0.2) is 10.2 Å². The van der Waals surface area contributed by atoms with E-state index in [1.807, 2.05) is 11.4 Å².